The molecule has 0 aromatic heterocycles. The minimum atomic E-state index is -0.841. The van der Waals surface area contributed by atoms with Crippen molar-refractivity contribution >= 4 is 15.9 Å². The topological polar surface area (TPSA) is 41.5 Å². The Labute approximate surface area is 114 Å². The normalized spacial score (nSPS) is 27.7. The van der Waals surface area contributed by atoms with Crippen molar-refractivity contribution < 1.29 is 14.2 Å². The molecule has 1 saturated heterocycles. The molecule has 2 rings (SSSR count). The Bertz CT molecular complexity index is 429. The SMILES string of the molecule is CC1OCCC1(O)CNCc1ccc(Br)cc1F. The molecule has 0 aliphatic carbocycles. The van der Waals surface area contributed by atoms with Crippen LogP contribution in [-0.2, 0) is 11.3 Å². The van der Waals surface area contributed by atoms with Crippen LogP contribution in [-0.4, -0.2) is 30.0 Å². The first-order valence-electron chi connectivity index (χ1n) is 6.00. The van der Waals surface area contributed by atoms with Crippen LogP contribution in [0.1, 0.15) is 18.9 Å². The molecule has 1 aliphatic heterocycles. The summed E-state index contributed by atoms with van der Waals surface area (Å²) in [4.78, 5) is 0. The van der Waals surface area contributed by atoms with E-state index in [0.29, 0.717) is 31.7 Å². The van der Waals surface area contributed by atoms with E-state index in [4.69, 9.17) is 4.74 Å². The average Bonchev–Trinajstić information content (AvgIpc) is 2.63. The number of benzene rings is 1. The first-order valence-corrected chi connectivity index (χ1v) is 6.79. The quantitative estimate of drug-likeness (QED) is 0.894. The van der Waals surface area contributed by atoms with Crippen molar-refractivity contribution in [1.29, 1.82) is 0 Å². The first-order chi connectivity index (χ1) is 8.51. The van der Waals surface area contributed by atoms with Crippen LogP contribution in [0.2, 0.25) is 0 Å². The molecule has 5 heteroatoms. The fourth-order valence-corrected chi connectivity index (χ4v) is 2.41. The Balaban J connectivity index is 1.88. The Morgan fingerprint density at radius 3 is 3.00 bits per heavy atom. The maximum absolute atomic E-state index is 13.6. The summed E-state index contributed by atoms with van der Waals surface area (Å²) in [5, 5.41) is 13.4. The molecule has 2 unspecified atom stereocenters. The maximum atomic E-state index is 13.6. The summed E-state index contributed by atoms with van der Waals surface area (Å²) in [5.74, 6) is -0.250. The van der Waals surface area contributed by atoms with Crippen molar-refractivity contribution in [3.05, 3.63) is 34.1 Å². The summed E-state index contributed by atoms with van der Waals surface area (Å²) in [6, 6.07) is 4.97. The van der Waals surface area contributed by atoms with Crippen LogP contribution in [0.4, 0.5) is 4.39 Å². The summed E-state index contributed by atoms with van der Waals surface area (Å²) in [7, 11) is 0. The highest BCUT2D eigenvalue weighted by Gasteiger charge is 2.38. The predicted octanol–water partition coefficient (Wildman–Crippen LogP) is 2.22. The van der Waals surface area contributed by atoms with Crippen molar-refractivity contribution in [3.8, 4) is 0 Å². The molecule has 1 fully saturated rings. The summed E-state index contributed by atoms with van der Waals surface area (Å²) in [6.45, 7) is 3.23. The van der Waals surface area contributed by atoms with Gasteiger partial charge in [-0.1, -0.05) is 22.0 Å². The van der Waals surface area contributed by atoms with Gasteiger partial charge in [-0.25, -0.2) is 4.39 Å². The van der Waals surface area contributed by atoms with Gasteiger partial charge in [-0.2, -0.15) is 0 Å². The van der Waals surface area contributed by atoms with E-state index >= 15 is 0 Å². The second kappa shape index (κ2) is 5.65. The number of halogens is 2. The monoisotopic (exact) mass is 317 g/mol. The highest BCUT2D eigenvalue weighted by Crippen LogP contribution is 2.25. The number of rotatable bonds is 4. The Kier molecular flexibility index (Phi) is 4.37. The lowest BCUT2D eigenvalue weighted by atomic mass is 9.96. The lowest BCUT2D eigenvalue weighted by Gasteiger charge is -2.26. The van der Waals surface area contributed by atoms with Crippen molar-refractivity contribution in [3.63, 3.8) is 0 Å². The largest absolute Gasteiger partial charge is 0.386 e. The molecule has 1 aromatic rings. The van der Waals surface area contributed by atoms with Gasteiger partial charge in [0.1, 0.15) is 11.4 Å². The van der Waals surface area contributed by atoms with Gasteiger partial charge in [0.25, 0.3) is 0 Å². The molecule has 18 heavy (non-hydrogen) atoms. The number of nitrogens with one attached hydrogen (secondary N) is 1. The average molecular weight is 318 g/mol. The molecule has 3 nitrogen and oxygen atoms in total. The van der Waals surface area contributed by atoms with Gasteiger partial charge >= 0.3 is 0 Å². The second-order valence-electron chi connectivity index (χ2n) is 4.71. The Morgan fingerprint density at radius 1 is 1.61 bits per heavy atom. The summed E-state index contributed by atoms with van der Waals surface area (Å²) in [5.41, 5.74) is -0.250. The second-order valence-corrected chi connectivity index (χ2v) is 5.62. The fourth-order valence-electron chi connectivity index (χ4n) is 2.08. The van der Waals surface area contributed by atoms with Crippen molar-refractivity contribution in [1.82, 2.24) is 5.32 Å². The third-order valence-electron chi connectivity index (χ3n) is 3.42. The summed E-state index contributed by atoms with van der Waals surface area (Å²) >= 11 is 3.22. The summed E-state index contributed by atoms with van der Waals surface area (Å²) < 4.78 is 19.6. The van der Waals surface area contributed by atoms with Gasteiger partial charge in [0.05, 0.1) is 6.10 Å². The molecule has 1 aromatic carbocycles. The van der Waals surface area contributed by atoms with Gasteiger partial charge in [0.15, 0.2) is 0 Å². The fraction of sp³-hybridized carbons (Fsp3) is 0.538. The van der Waals surface area contributed by atoms with Crippen molar-refractivity contribution in [2.45, 2.75) is 31.6 Å². The molecule has 2 N–H and O–H groups in total. The van der Waals surface area contributed by atoms with E-state index in [2.05, 4.69) is 21.2 Å². The van der Waals surface area contributed by atoms with Gasteiger partial charge < -0.3 is 15.2 Å². The third-order valence-corrected chi connectivity index (χ3v) is 3.91. The van der Waals surface area contributed by atoms with Crippen LogP contribution in [0.25, 0.3) is 0 Å². The van der Waals surface area contributed by atoms with Crippen LogP contribution >= 0.6 is 15.9 Å². The van der Waals surface area contributed by atoms with Gasteiger partial charge in [0, 0.05) is 36.2 Å². The van der Waals surface area contributed by atoms with E-state index in [1.54, 1.807) is 12.1 Å². The third kappa shape index (κ3) is 3.09. The van der Waals surface area contributed by atoms with E-state index in [1.165, 1.54) is 6.07 Å². The lowest BCUT2D eigenvalue weighted by Crippen LogP contribution is -2.45. The lowest BCUT2D eigenvalue weighted by molar-refractivity contribution is -0.0263. The highest BCUT2D eigenvalue weighted by atomic mass is 79.9. The van der Waals surface area contributed by atoms with E-state index in [1.807, 2.05) is 6.92 Å². The van der Waals surface area contributed by atoms with Crippen molar-refractivity contribution in [2.24, 2.45) is 0 Å². The smallest absolute Gasteiger partial charge is 0.128 e. The van der Waals surface area contributed by atoms with Gasteiger partial charge in [0.2, 0.25) is 0 Å². The Hall–Kier alpha value is -0.490. The van der Waals surface area contributed by atoms with Crippen LogP contribution in [0, 0.1) is 5.82 Å². The van der Waals surface area contributed by atoms with Crippen LogP contribution in [0.3, 0.4) is 0 Å². The molecule has 100 valence electrons. The van der Waals surface area contributed by atoms with E-state index < -0.39 is 5.60 Å². The number of hydrogen-bond donors (Lipinski definition) is 2. The Morgan fingerprint density at radius 2 is 2.39 bits per heavy atom. The number of hydrogen-bond acceptors (Lipinski definition) is 3. The standard InChI is InChI=1S/C13H17BrFNO2/c1-9-13(17,4-5-18-9)8-16-7-10-2-3-11(14)6-12(10)15/h2-3,6,9,16-17H,4-5,7-8H2,1H3. The maximum Gasteiger partial charge on any atom is 0.128 e. The molecule has 0 radical (unpaired) electrons. The van der Waals surface area contributed by atoms with E-state index in [-0.39, 0.29) is 11.9 Å². The van der Waals surface area contributed by atoms with E-state index in [0.717, 1.165) is 4.47 Å². The van der Waals surface area contributed by atoms with Gasteiger partial charge in [-0.05, 0) is 19.1 Å². The number of aliphatic hydroxyl groups is 1. The zero-order valence-corrected chi connectivity index (χ0v) is 11.8. The minimum Gasteiger partial charge on any atom is -0.386 e. The molecule has 1 heterocycles. The number of ether oxygens (including phenoxy) is 1. The molecule has 0 amide bonds. The van der Waals surface area contributed by atoms with Crippen LogP contribution in [0.5, 0.6) is 0 Å². The molecular formula is C13H17BrFNO2. The minimum absolute atomic E-state index is 0.181. The zero-order chi connectivity index (χ0) is 13.2. The predicted molar refractivity (Wildman–Crippen MR) is 70.8 cm³/mol. The van der Waals surface area contributed by atoms with Crippen molar-refractivity contribution in [2.75, 3.05) is 13.2 Å². The van der Waals surface area contributed by atoms with Gasteiger partial charge in [-0.3, -0.25) is 0 Å². The first kappa shape index (κ1) is 13.9. The molecule has 0 spiro atoms. The molecule has 0 saturated carbocycles. The molecule has 0 bridgehead atoms. The molecular weight excluding hydrogens is 301 g/mol. The van der Waals surface area contributed by atoms with Gasteiger partial charge in [-0.15, -0.1) is 0 Å². The molecule has 2 atom stereocenters. The van der Waals surface area contributed by atoms with E-state index in [9.17, 15) is 9.50 Å². The zero-order valence-electron chi connectivity index (χ0n) is 10.2. The molecule has 1 aliphatic rings. The van der Waals surface area contributed by atoms with Crippen LogP contribution in [0.15, 0.2) is 22.7 Å². The highest BCUT2D eigenvalue weighted by molar-refractivity contribution is 9.10. The summed E-state index contributed by atoms with van der Waals surface area (Å²) in [6.07, 6.45) is 0.434. The van der Waals surface area contributed by atoms with Crippen LogP contribution < -0.4 is 5.32 Å².